The van der Waals surface area contributed by atoms with E-state index in [1.54, 1.807) is 16.0 Å². The van der Waals surface area contributed by atoms with Gasteiger partial charge in [-0.1, -0.05) is 0 Å². The van der Waals surface area contributed by atoms with Crippen LogP contribution in [0.1, 0.15) is 5.56 Å². The number of hydrogen-bond acceptors (Lipinski definition) is 4. The quantitative estimate of drug-likeness (QED) is 0.653. The van der Waals surface area contributed by atoms with Crippen LogP contribution in [0.5, 0.6) is 0 Å². The van der Waals surface area contributed by atoms with Gasteiger partial charge in [0, 0.05) is 0 Å². The van der Waals surface area contributed by atoms with Crippen molar-refractivity contribution in [3.8, 4) is 11.5 Å². The average Bonchev–Trinajstić information content (AvgIpc) is 3.14. The fraction of sp³-hybridized carbons (Fsp3) is 0.0667. The molecule has 0 spiro atoms. The molecule has 4 rings (SSSR count). The van der Waals surface area contributed by atoms with Gasteiger partial charge in [-0.3, -0.25) is 0 Å². The zero-order valence-corrected chi connectivity index (χ0v) is 13.0. The van der Waals surface area contributed by atoms with E-state index in [-0.39, 0.29) is 17.7 Å². The van der Waals surface area contributed by atoms with Crippen LogP contribution >= 0.6 is 0 Å². The van der Waals surface area contributed by atoms with E-state index >= 15 is 0 Å². The fourth-order valence-electron chi connectivity index (χ4n) is 2.30. The monoisotopic (exact) mass is 363 g/mol. The average molecular weight is 362 g/mol. The van der Waals surface area contributed by atoms with Crippen LogP contribution in [0.2, 0.25) is 0 Å². The number of rotatable bonds is 2. The van der Waals surface area contributed by atoms with Crippen LogP contribution in [0.25, 0.3) is 11.5 Å². The molecule has 1 aromatic heterocycles. The van der Waals surface area contributed by atoms with Gasteiger partial charge < -0.3 is 0 Å². The maximum atomic E-state index is 12.9. The van der Waals surface area contributed by atoms with Crippen molar-refractivity contribution in [3.63, 3.8) is 0 Å². The van der Waals surface area contributed by atoms with E-state index in [9.17, 15) is 8.23 Å². The molecule has 0 fully saturated rings. The van der Waals surface area contributed by atoms with Gasteiger partial charge in [-0.2, -0.15) is 0 Å². The summed E-state index contributed by atoms with van der Waals surface area (Å²) in [4.78, 5) is 0. The van der Waals surface area contributed by atoms with Crippen LogP contribution < -0.4 is 8.38 Å². The minimum absolute atomic E-state index is 0.232. The van der Waals surface area contributed by atoms with Crippen LogP contribution in [0.15, 0.2) is 52.9 Å². The Kier molecular flexibility index (Phi) is 3.10. The van der Waals surface area contributed by atoms with Gasteiger partial charge in [0.1, 0.15) is 0 Å². The van der Waals surface area contributed by atoms with E-state index in [0.717, 1.165) is 10.0 Å². The topological polar surface area (TPSA) is 59.2 Å². The van der Waals surface area contributed by atoms with Gasteiger partial charge in [-0.25, -0.2) is 0 Å². The third-order valence-electron chi connectivity index (χ3n) is 3.39. The third-order valence-corrected chi connectivity index (χ3v) is 6.46. The minimum atomic E-state index is -2.40. The molecule has 2 heterocycles. The molecule has 0 aliphatic carbocycles. The molecule has 0 N–H and O–H groups in total. The maximum absolute atomic E-state index is 12.9. The molecule has 0 saturated heterocycles. The van der Waals surface area contributed by atoms with E-state index in [1.807, 2.05) is 24.3 Å². The first-order valence-electron chi connectivity index (χ1n) is 6.59. The van der Waals surface area contributed by atoms with E-state index in [4.69, 9.17) is 4.42 Å². The Bertz CT molecular complexity index is 863. The first-order chi connectivity index (χ1) is 10.7. The van der Waals surface area contributed by atoms with Gasteiger partial charge in [0.15, 0.2) is 0 Å². The molecule has 22 heavy (non-hydrogen) atoms. The summed E-state index contributed by atoms with van der Waals surface area (Å²) in [6.07, 6.45) is 0. The number of fused-ring (bicyclic) bond motifs is 1. The molecule has 1 aliphatic rings. The Hall–Kier alpha value is -2.37. The van der Waals surface area contributed by atoms with Crippen molar-refractivity contribution in [1.29, 1.82) is 0 Å². The molecule has 110 valence electrons. The molecule has 3 aromatic rings. The van der Waals surface area contributed by atoms with Crippen LogP contribution in [0.3, 0.4) is 0 Å². The molecule has 7 heteroatoms. The van der Waals surface area contributed by atoms with Crippen molar-refractivity contribution in [2.75, 3.05) is 3.92 Å². The number of benzene rings is 2. The van der Waals surface area contributed by atoms with Gasteiger partial charge in [-0.05, 0) is 0 Å². The number of nitrogens with zero attached hydrogens (tertiary/aromatic N) is 3. The van der Waals surface area contributed by atoms with E-state index in [0.29, 0.717) is 12.1 Å². The zero-order chi connectivity index (χ0) is 15.1. The second kappa shape index (κ2) is 5.12. The Balaban J connectivity index is 1.66. The Morgan fingerprint density at radius 2 is 1.86 bits per heavy atom. The van der Waals surface area contributed by atoms with Gasteiger partial charge in [-0.15, -0.1) is 0 Å². The van der Waals surface area contributed by atoms with Crippen molar-refractivity contribution in [3.05, 3.63) is 59.9 Å². The molecule has 1 unspecified atom stereocenters. The van der Waals surface area contributed by atoms with Crippen molar-refractivity contribution < 1.29 is 12.6 Å². The summed E-state index contributed by atoms with van der Waals surface area (Å²) in [6, 6.07) is 13.6. The summed E-state index contributed by atoms with van der Waals surface area (Å²) in [5.74, 6) is -0.0467. The molecule has 2 aromatic carbocycles. The van der Waals surface area contributed by atoms with Gasteiger partial charge in [0.2, 0.25) is 0 Å². The summed E-state index contributed by atoms with van der Waals surface area (Å²) in [6.45, 7) is 0.495. The molecule has 1 aliphatic heterocycles. The van der Waals surface area contributed by atoms with E-state index in [2.05, 4.69) is 10.2 Å². The molecule has 0 radical (unpaired) electrons. The first kappa shape index (κ1) is 13.3. The van der Waals surface area contributed by atoms with Crippen molar-refractivity contribution in [1.82, 2.24) is 10.2 Å². The summed E-state index contributed by atoms with van der Waals surface area (Å²) in [7, 11) is 0. The van der Waals surface area contributed by atoms with Crippen LogP contribution in [0.4, 0.5) is 10.4 Å². The van der Waals surface area contributed by atoms with E-state index in [1.165, 1.54) is 12.1 Å². The Labute approximate surface area is 129 Å². The molecule has 1 atom stereocenters. The van der Waals surface area contributed by atoms with Gasteiger partial charge >= 0.3 is 129 Å². The van der Waals surface area contributed by atoms with Crippen molar-refractivity contribution >= 4 is 24.5 Å². The van der Waals surface area contributed by atoms with Crippen molar-refractivity contribution in [2.24, 2.45) is 0 Å². The predicted octanol–water partition coefficient (Wildman–Crippen LogP) is 2.02. The molecule has 0 bridgehead atoms. The van der Waals surface area contributed by atoms with Gasteiger partial charge in [0.25, 0.3) is 0 Å². The Morgan fingerprint density at radius 1 is 1.09 bits per heavy atom. The molecular formula is C15H10FN3O2Se. The SMILES string of the molecule is O=[Se]1c2ccccc2CN1c1nnc(-c2ccc(F)cc2)o1. The van der Waals surface area contributed by atoms with Crippen LogP contribution in [-0.4, -0.2) is 24.2 Å². The number of anilines is 1. The first-order valence-corrected chi connectivity index (χ1v) is 8.91. The molecule has 5 nitrogen and oxygen atoms in total. The third kappa shape index (κ3) is 2.15. The second-order valence-electron chi connectivity index (χ2n) is 4.79. The summed E-state index contributed by atoms with van der Waals surface area (Å²) < 4.78 is 33.6. The number of halogens is 1. The standard InChI is InChI=1S/C15H10FN3O2Se/c16-12-7-5-10(6-8-12)14-17-18-15(21-14)19-9-11-3-1-2-4-13(11)22(19)20/h1-8H,9H2. The predicted molar refractivity (Wildman–Crippen MR) is 78.4 cm³/mol. The normalized spacial score (nSPS) is 16.8. The number of aromatic nitrogens is 2. The molecule has 0 saturated carbocycles. The fourth-order valence-corrected chi connectivity index (χ4v) is 4.95. The molecular weight excluding hydrogens is 352 g/mol. The second-order valence-corrected chi connectivity index (χ2v) is 7.68. The Morgan fingerprint density at radius 3 is 2.64 bits per heavy atom. The van der Waals surface area contributed by atoms with Crippen LogP contribution in [0, 0.1) is 5.82 Å². The van der Waals surface area contributed by atoms with Gasteiger partial charge in [0.05, 0.1) is 0 Å². The summed E-state index contributed by atoms with van der Waals surface area (Å²) in [5, 5.41) is 7.94. The van der Waals surface area contributed by atoms with E-state index < -0.39 is 14.1 Å². The number of hydrogen-bond donors (Lipinski definition) is 0. The van der Waals surface area contributed by atoms with Crippen LogP contribution in [-0.2, 0) is 10.4 Å². The molecule has 0 amide bonds. The van der Waals surface area contributed by atoms with Crippen molar-refractivity contribution in [2.45, 2.75) is 6.54 Å². The zero-order valence-electron chi connectivity index (χ0n) is 11.3. The summed E-state index contributed by atoms with van der Waals surface area (Å²) >= 11 is -2.40. The summed E-state index contributed by atoms with van der Waals surface area (Å²) in [5.41, 5.74) is 1.64.